The SMILES string of the molecule is CC(=O)N[C@@H]1[C@@H](O)[C@H](O[C@@H]2O[C@H](C(=O)O)[C@@H](O[C@@H]3O[C@H](CO)[C@@H](O[C@@H]4O[C@H](C(=O)O)[C@@H](O)[C@H](O)[C@H]4OS(=O)(=O)O)[C@H](OS(=O)(=O)O)[C@H]3NS(=O)(=O)O)[C@H](O)[C@H]2OS(=O)(=O)O)[C@@H](COS(=O)(=O)O)O[C@H]1O. The van der Waals surface area contributed by atoms with Crippen LogP contribution in [0.2, 0.25) is 0 Å². The second-order valence-corrected chi connectivity index (χ2v) is 20.0. The van der Waals surface area contributed by atoms with Crippen LogP contribution in [0, 0.1) is 0 Å². The third-order valence-electron chi connectivity index (χ3n) is 9.68. The van der Waals surface area contributed by atoms with Crippen LogP contribution >= 0.6 is 0 Å². The Kier molecular flexibility index (Phi) is 19.5. The number of carboxylic acids is 2. The van der Waals surface area contributed by atoms with E-state index in [4.69, 9.17) is 37.7 Å². The van der Waals surface area contributed by atoms with Gasteiger partial charge in [-0.15, -0.1) is 0 Å². The minimum absolute atomic E-state index is 0.840. The zero-order valence-electron chi connectivity index (χ0n) is 34.1. The minimum atomic E-state index is -6.09. The fraction of sp³-hybridized carbons (Fsp3) is 0.885. The molecule has 4 fully saturated rings. The highest BCUT2D eigenvalue weighted by Crippen LogP contribution is 2.37. The van der Waals surface area contributed by atoms with E-state index in [9.17, 15) is 116 Å². The Morgan fingerprint density at radius 2 is 0.986 bits per heavy atom. The van der Waals surface area contributed by atoms with Crippen molar-refractivity contribution < 1.29 is 170 Å². The number of carbonyl (C=O) groups is 3. The Labute approximate surface area is 391 Å². The Bertz CT molecular complexity index is 2440. The van der Waals surface area contributed by atoms with Gasteiger partial charge in [0.1, 0.15) is 73.1 Å². The molecule has 0 saturated carbocycles. The van der Waals surface area contributed by atoms with Crippen molar-refractivity contribution >= 4 is 69.7 Å². The standard InChI is InChI=1S/C26H42N2O37S5/c1-4(30)27-7-9(31)13(6(56-23(7)39)3-55-67(43,44)45)58-26-19(65-70(52,53)54)12(34)16(20(62-26)22(37)38)60-24-8(28-66(40,41)42)15(63-68(46,47)48)14(5(2-29)57-24)59-25-18(64-69(49,50)51)11(33)10(32)17(61-25)21(35)36/h5-20,23-26,28-29,31-34,39H,2-3H2,1H3,(H,27,30)(H,35,36)(H,37,38)(H,40,41,42)(H,43,44,45)(H,46,47,48)(H,49,50,51)(H,52,53,54)/t5-,6-,7-,8-,9-,10+,11+,12+,13-,14-,15-,16+,17+,18-,19-,20+,23-,24+,25-,26-/m1/s1. The molecule has 4 heterocycles. The van der Waals surface area contributed by atoms with E-state index >= 15 is 0 Å². The van der Waals surface area contributed by atoms with Crippen molar-refractivity contribution in [1.82, 2.24) is 10.0 Å². The molecule has 0 radical (unpaired) electrons. The average molecular weight is 1130 g/mol. The number of aliphatic carboxylic acids is 2. The number of rotatable bonds is 21. The van der Waals surface area contributed by atoms with Gasteiger partial charge in [-0.3, -0.25) is 27.6 Å². The molecule has 0 spiro atoms. The lowest BCUT2D eigenvalue weighted by atomic mass is 9.94. The number of aliphatic hydroxyl groups excluding tert-OH is 6. The molecule has 4 rings (SSSR count). The molecule has 408 valence electrons. The first-order valence-electron chi connectivity index (χ1n) is 18.5. The van der Waals surface area contributed by atoms with Crippen LogP contribution in [0.3, 0.4) is 0 Å². The predicted molar refractivity (Wildman–Crippen MR) is 201 cm³/mol. The molecule has 1 amide bonds. The molecule has 0 aliphatic carbocycles. The van der Waals surface area contributed by atoms with Crippen LogP contribution in [-0.4, -0.2) is 259 Å². The van der Waals surface area contributed by atoms with Crippen LogP contribution in [0.25, 0.3) is 0 Å². The molecular weight excluding hydrogens is 1090 g/mol. The minimum Gasteiger partial charge on any atom is -0.479 e. The number of hydrogen-bond donors (Lipinski definition) is 15. The summed E-state index contributed by atoms with van der Waals surface area (Å²) < 4.78 is 222. The molecule has 4 saturated heterocycles. The molecule has 0 aromatic carbocycles. The molecule has 0 unspecified atom stereocenters. The molecule has 15 N–H and O–H groups in total. The normalized spacial score (nSPS) is 39.2. The number of carbonyl (C=O) groups excluding carboxylic acids is 1. The lowest BCUT2D eigenvalue weighted by Gasteiger charge is -2.50. The smallest absolute Gasteiger partial charge is 0.397 e. The van der Waals surface area contributed by atoms with Crippen LogP contribution in [0.5, 0.6) is 0 Å². The summed E-state index contributed by atoms with van der Waals surface area (Å²) in [6.07, 6.45) is -49.1. The van der Waals surface area contributed by atoms with Crippen LogP contribution in [0.1, 0.15) is 6.92 Å². The van der Waals surface area contributed by atoms with E-state index in [1.807, 2.05) is 5.32 Å². The molecule has 44 heteroatoms. The lowest BCUT2D eigenvalue weighted by molar-refractivity contribution is -0.366. The summed E-state index contributed by atoms with van der Waals surface area (Å²) in [6.45, 7) is -2.24. The topological polar surface area (TPSA) is 610 Å². The molecular formula is C26H42N2O37S5. The molecule has 4 aliphatic heterocycles. The number of ether oxygens (including phenoxy) is 7. The third-order valence-corrected chi connectivity index (χ3v) is 12.1. The van der Waals surface area contributed by atoms with E-state index in [0.717, 1.165) is 6.92 Å². The van der Waals surface area contributed by atoms with Crippen molar-refractivity contribution in [3.8, 4) is 0 Å². The van der Waals surface area contributed by atoms with Crippen molar-refractivity contribution in [3.63, 3.8) is 0 Å². The number of amides is 1. The maximum absolute atomic E-state index is 12.7. The fourth-order valence-corrected chi connectivity index (χ4v) is 9.43. The van der Waals surface area contributed by atoms with Gasteiger partial charge in [0.25, 0.3) is 0 Å². The van der Waals surface area contributed by atoms with Gasteiger partial charge in [0.05, 0.1) is 13.2 Å². The zero-order chi connectivity index (χ0) is 53.4. The van der Waals surface area contributed by atoms with E-state index in [0.29, 0.717) is 0 Å². The van der Waals surface area contributed by atoms with Crippen molar-refractivity contribution in [2.75, 3.05) is 13.2 Å². The zero-order valence-corrected chi connectivity index (χ0v) is 38.2. The van der Waals surface area contributed by atoms with Gasteiger partial charge in [-0.1, -0.05) is 0 Å². The summed E-state index contributed by atoms with van der Waals surface area (Å²) in [6, 6.07) is -4.96. The monoisotopic (exact) mass is 1130 g/mol. The maximum Gasteiger partial charge on any atom is 0.397 e. The molecule has 39 nitrogen and oxygen atoms in total. The van der Waals surface area contributed by atoms with Gasteiger partial charge in [-0.2, -0.15) is 46.8 Å². The quantitative estimate of drug-likeness (QED) is 0.0475. The van der Waals surface area contributed by atoms with E-state index < -0.39 is 206 Å². The van der Waals surface area contributed by atoms with E-state index in [-0.39, 0.29) is 0 Å². The second-order valence-electron chi connectivity index (χ2n) is 14.6. The summed E-state index contributed by atoms with van der Waals surface area (Å²) in [4.78, 5) is 36.4. The molecule has 0 bridgehead atoms. The summed E-state index contributed by atoms with van der Waals surface area (Å²) >= 11 is 0. The first-order valence-corrected chi connectivity index (χ1v) is 25.4. The molecule has 0 aromatic heterocycles. The van der Waals surface area contributed by atoms with Gasteiger partial charge >= 0.3 is 63.8 Å². The van der Waals surface area contributed by atoms with Crippen molar-refractivity contribution in [3.05, 3.63) is 0 Å². The number of aliphatic hydroxyl groups is 6. The van der Waals surface area contributed by atoms with E-state index in [1.165, 1.54) is 4.72 Å². The summed E-state index contributed by atoms with van der Waals surface area (Å²) in [5.74, 6) is -5.49. The largest absolute Gasteiger partial charge is 0.479 e. The fourth-order valence-electron chi connectivity index (χ4n) is 7.05. The van der Waals surface area contributed by atoms with Crippen LogP contribution < -0.4 is 10.0 Å². The highest BCUT2D eigenvalue weighted by atomic mass is 32.3. The lowest BCUT2D eigenvalue weighted by Crippen LogP contribution is -2.71. The van der Waals surface area contributed by atoms with Crippen LogP contribution in [-0.2, 0) is 116 Å². The van der Waals surface area contributed by atoms with Crippen molar-refractivity contribution in [2.24, 2.45) is 0 Å². The van der Waals surface area contributed by atoms with Gasteiger partial charge in [-0.25, -0.2) is 26.3 Å². The highest BCUT2D eigenvalue weighted by molar-refractivity contribution is 7.83. The summed E-state index contributed by atoms with van der Waals surface area (Å²) in [5.41, 5.74) is 0. The van der Waals surface area contributed by atoms with Gasteiger partial charge in [-0.05, 0) is 0 Å². The molecule has 70 heavy (non-hydrogen) atoms. The second kappa shape index (κ2) is 22.8. The Balaban J connectivity index is 1.83. The average Bonchev–Trinajstić information content (AvgIpc) is 3.18. The van der Waals surface area contributed by atoms with E-state index in [2.05, 4.69) is 16.7 Å². The number of carboxylic acid groups (broad SMARTS) is 2. The summed E-state index contributed by atoms with van der Waals surface area (Å²) in [5, 5.41) is 86.0. The first-order chi connectivity index (χ1) is 31.8. The summed E-state index contributed by atoms with van der Waals surface area (Å²) in [7, 11) is -29.1. The first kappa shape index (κ1) is 59.8. The number of nitrogens with one attached hydrogen (secondary N) is 2. The highest BCUT2D eigenvalue weighted by Gasteiger charge is 2.60. The van der Waals surface area contributed by atoms with E-state index in [1.54, 1.807) is 0 Å². The Hall–Kier alpha value is -2.76. The molecule has 0 aromatic rings. The Morgan fingerprint density at radius 3 is 1.44 bits per heavy atom. The van der Waals surface area contributed by atoms with Gasteiger partial charge < -0.3 is 79.3 Å². The van der Waals surface area contributed by atoms with Crippen LogP contribution in [0.4, 0.5) is 0 Å². The third kappa shape index (κ3) is 16.1. The van der Waals surface area contributed by atoms with Crippen molar-refractivity contribution in [2.45, 2.75) is 130 Å². The molecule has 4 aliphatic rings. The predicted octanol–water partition coefficient (Wildman–Crippen LogP) is -10.7. The number of hydrogen-bond acceptors (Lipinski definition) is 30. The maximum atomic E-state index is 12.7. The van der Waals surface area contributed by atoms with Gasteiger partial charge in [0, 0.05) is 6.92 Å². The van der Waals surface area contributed by atoms with Crippen LogP contribution in [0.15, 0.2) is 0 Å². The molecule has 20 atom stereocenters. The van der Waals surface area contributed by atoms with Crippen molar-refractivity contribution in [1.29, 1.82) is 0 Å². The van der Waals surface area contributed by atoms with Gasteiger partial charge in [0.2, 0.25) is 5.91 Å². The van der Waals surface area contributed by atoms with Gasteiger partial charge in [0.15, 0.2) is 49.6 Å². The Morgan fingerprint density at radius 1 is 0.514 bits per heavy atom.